The predicted octanol–water partition coefficient (Wildman–Crippen LogP) is 4.60. The molecule has 0 unspecified atom stereocenters. The molecule has 2 heterocycles. The van der Waals surface area contributed by atoms with Crippen molar-refractivity contribution in [2.45, 2.75) is 12.7 Å². The van der Waals surface area contributed by atoms with Crippen LogP contribution in [0.1, 0.15) is 6.42 Å². The second-order valence-electron chi connectivity index (χ2n) is 7.35. The zero-order chi connectivity index (χ0) is 21.3. The van der Waals surface area contributed by atoms with Gasteiger partial charge in [0.05, 0.1) is 18.3 Å². The Morgan fingerprint density at radius 3 is 2.43 bits per heavy atom. The van der Waals surface area contributed by atoms with Crippen LogP contribution in [0.5, 0.6) is 17.2 Å². The summed E-state index contributed by atoms with van der Waals surface area (Å²) in [7, 11) is 5.65. The van der Waals surface area contributed by atoms with Crippen molar-refractivity contribution in [2.24, 2.45) is 0 Å². The third-order valence-electron chi connectivity index (χ3n) is 4.82. The van der Waals surface area contributed by atoms with Gasteiger partial charge in [-0.25, -0.2) is 4.98 Å². The SMILES string of the molecule is COc1ccc(-c2cc(NCCCN(C)C)c3cc4c(cc3n2)OC(F)(F)O4)cc1. The molecule has 0 amide bonds. The number of fused-ring (bicyclic) bond motifs is 2. The molecule has 0 aliphatic carbocycles. The second kappa shape index (κ2) is 7.95. The Morgan fingerprint density at radius 1 is 1.07 bits per heavy atom. The molecular formula is C22H23F2N3O3. The number of halogens is 2. The van der Waals surface area contributed by atoms with Gasteiger partial charge in [-0.1, -0.05) is 0 Å². The fraction of sp³-hybridized carbons (Fsp3) is 0.318. The van der Waals surface area contributed by atoms with Gasteiger partial charge >= 0.3 is 6.29 Å². The molecule has 1 aliphatic heterocycles. The summed E-state index contributed by atoms with van der Waals surface area (Å²) in [5.74, 6) is 0.723. The van der Waals surface area contributed by atoms with Gasteiger partial charge in [0.2, 0.25) is 0 Å². The molecule has 0 saturated heterocycles. The number of hydrogen-bond acceptors (Lipinski definition) is 6. The number of nitrogens with one attached hydrogen (secondary N) is 1. The molecule has 1 aromatic heterocycles. The van der Waals surface area contributed by atoms with Crippen molar-refractivity contribution < 1.29 is 23.0 Å². The number of pyridine rings is 1. The average Bonchev–Trinajstić information content (AvgIpc) is 3.01. The lowest BCUT2D eigenvalue weighted by atomic mass is 10.1. The van der Waals surface area contributed by atoms with Crippen molar-refractivity contribution in [1.29, 1.82) is 0 Å². The molecule has 158 valence electrons. The number of methoxy groups -OCH3 is 1. The van der Waals surface area contributed by atoms with Crippen LogP contribution in [0.3, 0.4) is 0 Å². The van der Waals surface area contributed by atoms with E-state index in [2.05, 4.69) is 24.7 Å². The normalized spacial score (nSPS) is 14.3. The topological polar surface area (TPSA) is 55.9 Å². The molecule has 8 heteroatoms. The molecule has 0 radical (unpaired) electrons. The van der Waals surface area contributed by atoms with Crippen LogP contribution in [0.25, 0.3) is 22.2 Å². The average molecular weight is 415 g/mol. The number of hydrogen-bond donors (Lipinski definition) is 1. The molecular weight excluding hydrogens is 392 g/mol. The summed E-state index contributed by atoms with van der Waals surface area (Å²) in [5, 5.41) is 4.10. The van der Waals surface area contributed by atoms with E-state index in [0.717, 1.165) is 36.5 Å². The van der Waals surface area contributed by atoms with E-state index >= 15 is 0 Å². The third-order valence-corrected chi connectivity index (χ3v) is 4.82. The summed E-state index contributed by atoms with van der Waals surface area (Å²) in [6, 6.07) is 12.5. The number of ether oxygens (including phenoxy) is 3. The van der Waals surface area contributed by atoms with Gasteiger partial charge in [-0.3, -0.25) is 0 Å². The summed E-state index contributed by atoms with van der Waals surface area (Å²) in [4.78, 5) is 6.78. The van der Waals surface area contributed by atoms with Crippen LogP contribution in [0, 0.1) is 0 Å². The molecule has 3 aromatic rings. The zero-order valence-corrected chi connectivity index (χ0v) is 17.0. The fourth-order valence-corrected chi connectivity index (χ4v) is 3.34. The Labute approximate surface area is 173 Å². The van der Waals surface area contributed by atoms with Gasteiger partial charge in [0, 0.05) is 29.2 Å². The predicted molar refractivity (Wildman–Crippen MR) is 112 cm³/mol. The highest BCUT2D eigenvalue weighted by atomic mass is 19.3. The molecule has 4 rings (SSSR count). The minimum absolute atomic E-state index is 0.00263. The van der Waals surface area contributed by atoms with Crippen molar-refractivity contribution in [3.8, 4) is 28.5 Å². The van der Waals surface area contributed by atoms with Crippen LogP contribution >= 0.6 is 0 Å². The molecule has 0 spiro atoms. The van der Waals surface area contributed by atoms with Gasteiger partial charge in [0.25, 0.3) is 0 Å². The lowest BCUT2D eigenvalue weighted by Crippen LogP contribution is -2.25. The quantitative estimate of drug-likeness (QED) is 0.570. The van der Waals surface area contributed by atoms with Crippen LogP contribution in [-0.4, -0.2) is 50.5 Å². The Hall–Kier alpha value is -3.13. The maximum atomic E-state index is 13.5. The maximum Gasteiger partial charge on any atom is 0.586 e. The Kier molecular flexibility index (Phi) is 5.34. The van der Waals surface area contributed by atoms with E-state index < -0.39 is 6.29 Å². The molecule has 0 bridgehead atoms. The summed E-state index contributed by atoms with van der Waals surface area (Å²) in [5.41, 5.74) is 2.94. The molecule has 1 aliphatic rings. The van der Waals surface area contributed by atoms with Gasteiger partial charge in [-0.05, 0) is 63.5 Å². The lowest BCUT2D eigenvalue weighted by Gasteiger charge is -2.14. The van der Waals surface area contributed by atoms with Crippen LogP contribution in [0.2, 0.25) is 0 Å². The summed E-state index contributed by atoms with van der Waals surface area (Å²) >= 11 is 0. The van der Waals surface area contributed by atoms with Crippen molar-refractivity contribution in [3.63, 3.8) is 0 Å². The number of aromatic nitrogens is 1. The van der Waals surface area contributed by atoms with E-state index in [1.54, 1.807) is 13.2 Å². The number of anilines is 1. The van der Waals surface area contributed by atoms with Gasteiger partial charge in [0.1, 0.15) is 5.75 Å². The first-order chi connectivity index (χ1) is 14.3. The third kappa shape index (κ3) is 4.23. The Bertz CT molecular complexity index is 1060. The summed E-state index contributed by atoms with van der Waals surface area (Å²) in [6.07, 6.45) is -2.74. The van der Waals surface area contributed by atoms with E-state index in [4.69, 9.17) is 4.74 Å². The van der Waals surface area contributed by atoms with Crippen LogP contribution < -0.4 is 19.5 Å². The summed E-state index contributed by atoms with van der Waals surface area (Å²) < 4.78 is 41.5. The van der Waals surface area contributed by atoms with Gasteiger partial charge < -0.3 is 24.4 Å². The van der Waals surface area contributed by atoms with Crippen molar-refractivity contribution in [2.75, 3.05) is 39.6 Å². The van der Waals surface area contributed by atoms with E-state index in [1.807, 2.05) is 44.4 Å². The van der Waals surface area contributed by atoms with E-state index in [1.165, 1.54) is 6.07 Å². The van der Waals surface area contributed by atoms with E-state index in [0.29, 0.717) is 16.6 Å². The maximum absolute atomic E-state index is 13.5. The second-order valence-corrected chi connectivity index (χ2v) is 7.35. The minimum atomic E-state index is -3.67. The largest absolute Gasteiger partial charge is 0.586 e. The standard InChI is InChI=1S/C22H23F2N3O3/c1-27(2)10-4-9-25-18-12-17(14-5-7-15(28-3)8-6-14)26-19-13-21-20(11-16(18)19)29-22(23,24)30-21/h5-8,11-13H,4,9-10H2,1-3H3,(H,25,26). The summed E-state index contributed by atoms with van der Waals surface area (Å²) in [6.45, 7) is 1.66. The first kappa shape index (κ1) is 20.2. The monoisotopic (exact) mass is 415 g/mol. The zero-order valence-electron chi connectivity index (χ0n) is 17.0. The number of alkyl halides is 2. The first-order valence-electron chi connectivity index (χ1n) is 9.62. The minimum Gasteiger partial charge on any atom is -0.497 e. The highest BCUT2D eigenvalue weighted by Gasteiger charge is 2.43. The smallest absolute Gasteiger partial charge is 0.497 e. The van der Waals surface area contributed by atoms with Gasteiger partial charge in [-0.15, -0.1) is 8.78 Å². The van der Waals surface area contributed by atoms with Gasteiger partial charge in [-0.2, -0.15) is 0 Å². The van der Waals surface area contributed by atoms with Gasteiger partial charge in [0.15, 0.2) is 11.5 Å². The molecule has 6 nitrogen and oxygen atoms in total. The number of nitrogens with zero attached hydrogens (tertiary/aromatic N) is 2. The molecule has 0 saturated carbocycles. The first-order valence-corrected chi connectivity index (χ1v) is 9.62. The number of rotatable bonds is 7. The van der Waals surface area contributed by atoms with E-state index in [9.17, 15) is 8.78 Å². The molecule has 0 atom stereocenters. The van der Waals surface area contributed by atoms with Crippen molar-refractivity contribution >= 4 is 16.6 Å². The van der Waals surface area contributed by atoms with Crippen LogP contribution in [-0.2, 0) is 0 Å². The Balaban J connectivity index is 1.74. The van der Waals surface area contributed by atoms with Crippen LogP contribution in [0.4, 0.5) is 14.5 Å². The number of benzene rings is 2. The highest BCUT2D eigenvalue weighted by Crippen LogP contribution is 2.44. The van der Waals surface area contributed by atoms with Crippen molar-refractivity contribution in [1.82, 2.24) is 9.88 Å². The van der Waals surface area contributed by atoms with Crippen LogP contribution in [0.15, 0.2) is 42.5 Å². The fourth-order valence-electron chi connectivity index (χ4n) is 3.34. The molecule has 0 fully saturated rings. The molecule has 1 N–H and O–H groups in total. The van der Waals surface area contributed by atoms with Crippen molar-refractivity contribution in [3.05, 3.63) is 42.5 Å². The lowest BCUT2D eigenvalue weighted by molar-refractivity contribution is -0.286. The van der Waals surface area contributed by atoms with E-state index in [-0.39, 0.29) is 11.5 Å². The molecule has 30 heavy (non-hydrogen) atoms. The highest BCUT2D eigenvalue weighted by molar-refractivity contribution is 5.96. The Morgan fingerprint density at radius 2 is 1.77 bits per heavy atom. The molecule has 2 aromatic carbocycles.